The normalized spacial score (nSPS) is 28.4. The molecule has 3 nitrogen and oxygen atoms in total. The Labute approximate surface area is 86.9 Å². The van der Waals surface area contributed by atoms with E-state index in [-0.39, 0.29) is 5.38 Å². The number of aromatic nitrogens is 2. The largest absolute Gasteiger partial charge is 0.345 e. The zero-order valence-electron chi connectivity index (χ0n) is 7.70. The van der Waals surface area contributed by atoms with E-state index in [4.69, 9.17) is 11.6 Å². The van der Waals surface area contributed by atoms with E-state index in [9.17, 15) is 0 Å². The number of hydrogen-bond acceptors (Lipinski definition) is 4. The summed E-state index contributed by atoms with van der Waals surface area (Å²) in [5.74, 6) is 1.40. The van der Waals surface area contributed by atoms with Crippen molar-refractivity contribution in [2.24, 2.45) is 5.92 Å². The molecule has 2 unspecified atom stereocenters. The average Bonchev–Trinajstić information content (AvgIpc) is 2.61. The van der Waals surface area contributed by atoms with Crippen LogP contribution in [0.4, 0.5) is 5.13 Å². The first-order chi connectivity index (χ1) is 6.16. The number of rotatable bonds is 1. The highest BCUT2D eigenvalue weighted by atomic mass is 35.5. The molecule has 0 bridgehead atoms. The Balaban J connectivity index is 2.11. The smallest absolute Gasteiger partial charge is 0.205 e. The number of anilines is 1. The Hall–Kier alpha value is -0.350. The minimum Gasteiger partial charge on any atom is -0.345 e. The van der Waals surface area contributed by atoms with Gasteiger partial charge in [0.05, 0.1) is 5.38 Å². The Morgan fingerprint density at radius 1 is 1.54 bits per heavy atom. The summed E-state index contributed by atoms with van der Waals surface area (Å²) in [6, 6.07) is 0. The lowest BCUT2D eigenvalue weighted by atomic mass is 10.2. The van der Waals surface area contributed by atoms with Crippen LogP contribution in [-0.2, 0) is 0 Å². The van der Waals surface area contributed by atoms with Crippen LogP contribution in [0.1, 0.15) is 12.7 Å². The Morgan fingerprint density at radius 2 is 2.31 bits per heavy atom. The van der Waals surface area contributed by atoms with Crippen molar-refractivity contribution in [2.75, 3.05) is 18.0 Å². The standard InChI is InChI=1S/C8H12ClN3S/c1-5-3-12(4-7(5)9)8-10-6(2)11-13-8/h5,7H,3-4H2,1-2H3. The predicted octanol–water partition coefficient (Wildman–Crippen LogP) is 1.91. The molecule has 2 rings (SSSR count). The van der Waals surface area contributed by atoms with Gasteiger partial charge >= 0.3 is 0 Å². The highest BCUT2D eigenvalue weighted by molar-refractivity contribution is 7.09. The molecule has 13 heavy (non-hydrogen) atoms. The fourth-order valence-electron chi connectivity index (χ4n) is 1.50. The second kappa shape index (κ2) is 3.42. The van der Waals surface area contributed by atoms with Crippen molar-refractivity contribution in [1.29, 1.82) is 0 Å². The van der Waals surface area contributed by atoms with Crippen LogP contribution < -0.4 is 4.90 Å². The van der Waals surface area contributed by atoms with Gasteiger partial charge in [-0.25, -0.2) is 4.98 Å². The summed E-state index contributed by atoms with van der Waals surface area (Å²) < 4.78 is 4.16. The lowest BCUT2D eigenvalue weighted by molar-refractivity contribution is 0.666. The second-order valence-corrected chi connectivity index (χ2v) is 4.81. The summed E-state index contributed by atoms with van der Waals surface area (Å²) in [5.41, 5.74) is 0. The zero-order chi connectivity index (χ0) is 9.42. The maximum atomic E-state index is 6.13. The van der Waals surface area contributed by atoms with Gasteiger partial charge < -0.3 is 4.90 Å². The fourth-order valence-corrected chi connectivity index (χ4v) is 2.44. The van der Waals surface area contributed by atoms with Crippen molar-refractivity contribution in [1.82, 2.24) is 9.36 Å². The first-order valence-corrected chi connectivity index (χ1v) is 5.57. The number of aryl methyl sites for hydroxylation is 1. The van der Waals surface area contributed by atoms with E-state index in [2.05, 4.69) is 21.2 Å². The van der Waals surface area contributed by atoms with E-state index in [1.807, 2.05) is 6.92 Å². The average molecular weight is 218 g/mol. The van der Waals surface area contributed by atoms with Crippen LogP contribution in [0.5, 0.6) is 0 Å². The highest BCUT2D eigenvalue weighted by Crippen LogP contribution is 2.27. The molecule has 0 aromatic carbocycles. The van der Waals surface area contributed by atoms with Crippen LogP contribution >= 0.6 is 23.1 Å². The van der Waals surface area contributed by atoms with Gasteiger partial charge in [0, 0.05) is 24.6 Å². The minimum absolute atomic E-state index is 0.254. The Morgan fingerprint density at radius 3 is 2.77 bits per heavy atom. The van der Waals surface area contributed by atoms with Gasteiger partial charge in [0.15, 0.2) is 0 Å². The van der Waals surface area contributed by atoms with Crippen LogP contribution in [0.15, 0.2) is 0 Å². The van der Waals surface area contributed by atoms with E-state index in [0.29, 0.717) is 5.92 Å². The first kappa shape index (κ1) is 9.21. The third kappa shape index (κ3) is 1.79. The molecule has 0 saturated carbocycles. The Kier molecular flexibility index (Phi) is 2.43. The van der Waals surface area contributed by atoms with E-state index >= 15 is 0 Å². The molecule has 1 aliphatic rings. The van der Waals surface area contributed by atoms with E-state index < -0.39 is 0 Å². The van der Waals surface area contributed by atoms with Crippen molar-refractivity contribution in [3.05, 3.63) is 5.82 Å². The molecule has 1 fully saturated rings. The van der Waals surface area contributed by atoms with Gasteiger partial charge in [0.2, 0.25) is 5.13 Å². The van der Waals surface area contributed by atoms with Crippen molar-refractivity contribution in [2.45, 2.75) is 19.2 Å². The van der Waals surface area contributed by atoms with Crippen molar-refractivity contribution in [3.8, 4) is 0 Å². The second-order valence-electron chi connectivity index (χ2n) is 3.52. The predicted molar refractivity (Wildman–Crippen MR) is 55.7 cm³/mol. The molecule has 5 heteroatoms. The molecule has 72 valence electrons. The molecule has 1 aromatic rings. The molecule has 0 amide bonds. The summed E-state index contributed by atoms with van der Waals surface area (Å²) in [6.07, 6.45) is 0. The summed E-state index contributed by atoms with van der Waals surface area (Å²) in [4.78, 5) is 6.55. The van der Waals surface area contributed by atoms with Crippen LogP contribution in [0.2, 0.25) is 0 Å². The SMILES string of the molecule is Cc1nsc(N2CC(C)C(Cl)C2)n1. The highest BCUT2D eigenvalue weighted by Gasteiger charge is 2.29. The van der Waals surface area contributed by atoms with Gasteiger partial charge in [0.25, 0.3) is 0 Å². The van der Waals surface area contributed by atoms with Crippen molar-refractivity contribution in [3.63, 3.8) is 0 Å². The lowest BCUT2D eigenvalue weighted by Crippen LogP contribution is -2.19. The molecule has 2 heterocycles. The van der Waals surface area contributed by atoms with Gasteiger partial charge in [-0.05, 0) is 12.8 Å². The van der Waals surface area contributed by atoms with E-state index in [0.717, 1.165) is 24.0 Å². The zero-order valence-corrected chi connectivity index (χ0v) is 9.27. The number of nitrogens with zero attached hydrogens (tertiary/aromatic N) is 3. The lowest BCUT2D eigenvalue weighted by Gasteiger charge is -2.12. The molecule has 1 aliphatic heterocycles. The maximum absolute atomic E-state index is 6.13. The van der Waals surface area contributed by atoms with Crippen molar-refractivity contribution < 1.29 is 0 Å². The minimum atomic E-state index is 0.254. The molecular weight excluding hydrogens is 206 g/mol. The van der Waals surface area contributed by atoms with Crippen LogP contribution in [-0.4, -0.2) is 27.8 Å². The number of hydrogen-bond donors (Lipinski definition) is 0. The molecule has 1 aromatic heterocycles. The summed E-state index contributed by atoms with van der Waals surface area (Å²) in [6.45, 7) is 5.99. The van der Waals surface area contributed by atoms with E-state index in [1.54, 1.807) is 0 Å². The summed E-state index contributed by atoms with van der Waals surface area (Å²) >= 11 is 7.59. The Bertz CT molecular complexity index is 291. The van der Waals surface area contributed by atoms with Crippen molar-refractivity contribution >= 4 is 28.3 Å². The fraction of sp³-hybridized carbons (Fsp3) is 0.750. The van der Waals surface area contributed by atoms with Gasteiger partial charge in [0.1, 0.15) is 5.82 Å². The molecule has 0 N–H and O–H groups in total. The first-order valence-electron chi connectivity index (χ1n) is 4.36. The molecule has 0 spiro atoms. The number of alkyl halides is 1. The molecular formula is C8H12ClN3S. The number of halogens is 1. The monoisotopic (exact) mass is 217 g/mol. The molecule has 0 aliphatic carbocycles. The van der Waals surface area contributed by atoms with Crippen LogP contribution in [0, 0.1) is 12.8 Å². The van der Waals surface area contributed by atoms with Gasteiger partial charge in [-0.1, -0.05) is 6.92 Å². The molecule has 0 radical (unpaired) electrons. The third-order valence-electron chi connectivity index (χ3n) is 2.31. The molecule has 1 saturated heterocycles. The van der Waals surface area contributed by atoms with Gasteiger partial charge in [-0.2, -0.15) is 4.37 Å². The van der Waals surface area contributed by atoms with E-state index in [1.165, 1.54) is 11.5 Å². The van der Waals surface area contributed by atoms with Gasteiger partial charge in [-0.15, -0.1) is 11.6 Å². The third-order valence-corrected chi connectivity index (χ3v) is 3.74. The maximum Gasteiger partial charge on any atom is 0.205 e. The molecule has 2 atom stereocenters. The summed E-state index contributed by atoms with van der Waals surface area (Å²) in [5, 5.41) is 1.26. The summed E-state index contributed by atoms with van der Waals surface area (Å²) in [7, 11) is 0. The van der Waals surface area contributed by atoms with Gasteiger partial charge in [-0.3, -0.25) is 0 Å². The van der Waals surface area contributed by atoms with Crippen LogP contribution in [0.25, 0.3) is 0 Å². The quantitative estimate of drug-likeness (QED) is 0.673. The van der Waals surface area contributed by atoms with Crippen LogP contribution in [0.3, 0.4) is 0 Å². The topological polar surface area (TPSA) is 29.0 Å².